The molecule has 144 valence electrons. The maximum atomic E-state index is 13.1. The van der Waals surface area contributed by atoms with Crippen molar-refractivity contribution in [3.63, 3.8) is 0 Å². The van der Waals surface area contributed by atoms with E-state index in [1.54, 1.807) is 18.2 Å². The molecular formula is C22H20ClFN2O2. The van der Waals surface area contributed by atoms with Crippen LogP contribution in [0.4, 0.5) is 15.8 Å². The number of carbonyl (C=O) groups excluding carboxylic acids is 1. The van der Waals surface area contributed by atoms with Gasteiger partial charge in [-0.05, 0) is 48.0 Å². The predicted octanol–water partition coefficient (Wildman–Crippen LogP) is 5.50. The molecule has 3 aromatic carbocycles. The van der Waals surface area contributed by atoms with Crippen LogP contribution < -0.4 is 15.4 Å². The lowest BCUT2D eigenvalue weighted by molar-refractivity contribution is -0.115. The zero-order chi connectivity index (χ0) is 19.8. The summed E-state index contributed by atoms with van der Waals surface area (Å²) < 4.78 is 18.8. The first-order chi connectivity index (χ1) is 13.6. The number of halogens is 2. The molecule has 0 atom stereocenters. The molecule has 0 bridgehead atoms. The molecule has 0 unspecified atom stereocenters. The van der Waals surface area contributed by atoms with Gasteiger partial charge in [0, 0.05) is 24.3 Å². The fourth-order valence-electron chi connectivity index (χ4n) is 2.53. The highest BCUT2D eigenvalue weighted by Crippen LogP contribution is 2.20. The van der Waals surface area contributed by atoms with Gasteiger partial charge in [-0.2, -0.15) is 0 Å². The van der Waals surface area contributed by atoms with Crippen LogP contribution >= 0.6 is 11.6 Å². The lowest BCUT2D eigenvalue weighted by atomic mass is 10.2. The molecule has 0 aliphatic heterocycles. The monoisotopic (exact) mass is 398 g/mol. The molecule has 1 amide bonds. The minimum Gasteiger partial charge on any atom is -0.489 e. The first kappa shape index (κ1) is 19.7. The molecular weight excluding hydrogens is 379 g/mol. The summed E-state index contributed by atoms with van der Waals surface area (Å²) in [5.41, 5.74) is 2.45. The van der Waals surface area contributed by atoms with Gasteiger partial charge in [-0.1, -0.05) is 41.9 Å². The second-order valence-electron chi connectivity index (χ2n) is 6.15. The molecule has 0 saturated carbocycles. The average molecular weight is 399 g/mol. The summed E-state index contributed by atoms with van der Waals surface area (Å²) in [6.45, 7) is 0.900. The van der Waals surface area contributed by atoms with Crippen LogP contribution in [0.1, 0.15) is 12.0 Å². The lowest BCUT2D eigenvalue weighted by Crippen LogP contribution is -2.16. The maximum absolute atomic E-state index is 13.1. The molecule has 3 aromatic rings. The maximum Gasteiger partial charge on any atom is 0.226 e. The zero-order valence-corrected chi connectivity index (χ0v) is 15.9. The SMILES string of the molecule is O=C(CCNc1ccc(F)c(Cl)c1)Nc1ccc(OCc2ccccc2)cc1. The van der Waals surface area contributed by atoms with Crippen LogP contribution in [0.25, 0.3) is 0 Å². The van der Waals surface area contributed by atoms with E-state index >= 15 is 0 Å². The number of hydrogen-bond donors (Lipinski definition) is 2. The summed E-state index contributed by atoms with van der Waals surface area (Å²) in [4.78, 5) is 12.1. The Bertz CT molecular complexity index is 918. The van der Waals surface area contributed by atoms with E-state index in [2.05, 4.69) is 10.6 Å². The third-order valence-corrected chi connectivity index (χ3v) is 4.28. The highest BCUT2D eigenvalue weighted by Gasteiger charge is 2.04. The number of nitrogens with one attached hydrogen (secondary N) is 2. The van der Waals surface area contributed by atoms with Gasteiger partial charge in [0.1, 0.15) is 18.2 Å². The minimum absolute atomic E-state index is 0.0454. The van der Waals surface area contributed by atoms with E-state index in [-0.39, 0.29) is 17.4 Å². The molecule has 0 heterocycles. The summed E-state index contributed by atoms with van der Waals surface area (Å²) in [5, 5.41) is 5.91. The van der Waals surface area contributed by atoms with Crippen molar-refractivity contribution in [3.05, 3.63) is 89.2 Å². The van der Waals surface area contributed by atoms with Gasteiger partial charge in [-0.3, -0.25) is 4.79 Å². The van der Waals surface area contributed by atoms with Gasteiger partial charge in [-0.15, -0.1) is 0 Å². The second-order valence-corrected chi connectivity index (χ2v) is 6.56. The molecule has 0 aliphatic carbocycles. The number of carbonyl (C=O) groups is 1. The molecule has 0 aliphatic rings. The molecule has 0 fully saturated rings. The first-order valence-corrected chi connectivity index (χ1v) is 9.23. The smallest absolute Gasteiger partial charge is 0.226 e. The van der Waals surface area contributed by atoms with E-state index < -0.39 is 5.82 Å². The summed E-state index contributed by atoms with van der Waals surface area (Å²) >= 11 is 5.73. The summed E-state index contributed by atoms with van der Waals surface area (Å²) in [6, 6.07) is 21.5. The van der Waals surface area contributed by atoms with Gasteiger partial charge in [0.15, 0.2) is 0 Å². The van der Waals surface area contributed by atoms with E-state index in [4.69, 9.17) is 16.3 Å². The number of amides is 1. The number of hydrogen-bond acceptors (Lipinski definition) is 3. The lowest BCUT2D eigenvalue weighted by Gasteiger charge is -2.09. The molecule has 3 rings (SSSR count). The topological polar surface area (TPSA) is 50.4 Å². The molecule has 28 heavy (non-hydrogen) atoms. The summed E-state index contributed by atoms with van der Waals surface area (Å²) in [7, 11) is 0. The Hall–Kier alpha value is -3.05. The normalized spacial score (nSPS) is 10.4. The summed E-state index contributed by atoms with van der Waals surface area (Å²) in [5.74, 6) is 0.136. The largest absolute Gasteiger partial charge is 0.489 e. The van der Waals surface area contributed by atoms with Crippen LogP contribution in [0, 0.1) is 5.82 Å². The van der Waals surface area contributed by atoms with E-state index in [9.17, 15) is 9.18 Å². The second kappa shape index (κ2) is 9.76. The van der Waals surface area contributed by atoms with Gasteiger partial charge in [0.05, 0.1) is 5.02 Å². The fourth-order valence-corrected chi connectivity index (χ4v) is 2.71. The van der Waals surface area contributed by atoms with E-state index in [0.29, 0.717) is 24.5 Å². The quantitative estimate of drug-likeness (QED) is 0.526. The van der Waals surface area contributed by atoms with Crippen LogP contribution in [-0.2, 0) is 11.4 Å². The third kappa shape index (κ3) is 5.99. The standard InChI is InChI=1S/C22H20ClFN2O2/c23-20-14-18(8-11-21(20)24)25-13-12-22(27)26-17-6-9-19(10-7-17)28-15-16-4-2-1-3-5-16/h1-11,14,25H,12-13,15H2,(H,26,27). The number of rotatable bonds is 8. The molecule has 6 heteroatoms. The van der Waals surface area contributed by atoms with Crippen LogP contribution in [-0.4, -0.2) is 12.5 Å². The molecule has 2 N–H and O–H groups in total. The van der Waals surface area contributed by atoms with E-state index in [1.807, 2.05) is 42.5 Å². The Morgan fingerprint density at radius 2 is 1.68 bits per heavy atom. The van der Waals surface area contributed by atoms with Gasteiger partial charge in [0.25, 0.3) is 0 Å². The third-order valence-electron chi connectivity index (χ3n) is 3.99. The van der Waals surface area contributed by atoms with Crippen molar-refractivity contribution in [1.82, 2.24) is 0 Å². The van der Waals surface area contributed by atoms with Gasteiger partial charge in [0.2, 0.25) is 5.91 Å². The highest BCUT2D eigenvalue weighted by molar-refractivity contribution is 6.31. The summed E-state index contributed by atoms with van der Waals surface area (Å²) in [6.07, 6.45) is 0.265. The zero-order valence-electron chi connectivity index (χ0n) is 15.1. The van der Waals surface area contributed by atoms with Crippen LogP contribution in [0.5, 0.6) is 5.75 Å². The van der Waals surface area contributed by atoms with Crippen molar-refractivity contribution in [2.75, 3.05) is 17.2 Å². The molecule has 0 radical (unpaired) electrons. The molecule has 0 saturated heterocycles. The number of benzene rings is 3. The number of anilines is 2. The number of ether oxygens (including phenoxy) is 1. The van der Waals surface area contributed by atoms with Crippen LogP contribution in [0.3, 0.4) is 0 Å². The molecule has 0 spiro atoms. The first-order valence-electron chi connectivity index (χ1n) is 8.86. The predicted molar refractivity (Wildman–Crippen MR) is 110 cm³/mol. The Morgan fingerprint density at radius 3 is 2.39 bits per heavy atom. The average Bonchev–Trinajstić information content (AvgIpc) is 2.71. The van der Waals surface area contributed by atoms with Crippen molar-refractivity contribution < 1.29 is 13.9 Å². The Labute approximate surface area is 168 Å². The Balaban J connectivity index is 1.41. The van der Waals surface area contributed by atoms with Crippen molar-refractivity contribution >= 4 is 28.9 Å². The molecule has 4 nitrogen and oxygen atoms in total. The fraction of sp³-hybridized carbons (Fsp3) is 0.136. The van der Waals surface area contributed by atoms with E-state index in [0.717, 1.165) is 11.3 Å². The van der Waals surface area contributed by atoms with Crippen molar-refractivity contribution in [2.24, 2.45) is 0 Å². The van der Waals surface area contributed by atoms with Crippen molar-refractivity contribution in [1.29, 1.82) is 0 Å². The Morgan fingerprint density at radius 1 is 0.964 bits per heavy atom. The Kier molecular flexibility index (Phi) is 6.87. The van der Waals surface area contributed by atoms with Crippen molar-refractivity contribution in [2.45, 2.75) is 13.0 Å². The van der Waals surface area contributed by atoms with Crippen LogP contribution in [0.15, 0.2) is 72.8 Å². The van der Waals surface area contributed by atoms with Crippen molar-refractivity contribution in [3.8, 4) is 5.75 Å². The highest BCUT2D eigenvalue weighted by atomic mass is 35.5. The van der Waals surface area contributed by atoms with E-state index in [1.165, 1.54) is 12.1 Å². The van der Waals surface area contributed by atoms with Gasteiger partial charge < -0.3 is 15.4 Å². The van der Waals surface area contributed by atoms with Crippen LogP contribution in [0.2, 0.25) is 5.02 Å². The van der Waals surface area contributed by atoms with Gasteiger partial charge in [-0.25, -0.2) is 4.39 Å². The minimum atomic E-state index is -0.471. The van der Waals surface area contributed by atoms with Gasteiger partial charge >= 0.3 is 0 Å². The molecule has 0 aromatic heterocycles.